The number of hydrogen-bond acceptors (Lipinski definition) is 6. The zero-order chi connectivity index (χ0) is 17.1. The molecule has 0 aromatic carbocycles. The number of halogens is 1. The van der Waals surface area contributed by atoms with Gasteiger partial charge in [-0.25, -0.2) is 15.0 Å². The van der Waals surface area contributed by atoms with Gasteiger partial charge in [0.05, 0.1) is 5.75 Å². The summed E-state index contributed by atoms with van der Waals surface area (Å²) in [5, 5.41) is 4.00. The molecule has 1 saturated heterocycles. The van der Waals surface area contributed by atoms with E-state index in [1.807, 2.05) is 42.6 Å². The molecule has 0 radical (unpaired) electrons. The lowest BCUT2D eigenvalue weighted by Crippen LogP contribution is -2.50. The minimum Gasteiger partial charge on any atom is -0.336 e. The number of aromatic nitrogens is 4. The minimum absolute atomic E-state index is 0. The molecule has 1 N–H and O–H groups in total. The Morgan fingerprint density at radius 3 is 2.72 bits per heavy atom. The van der Waals surface area contributed by atoms with E-state index in [1.54, 1.807) is 6.20 Å². The molecule has 25 heavy (non-hydrogen) atoms. The molecule has 1 unspecified atom stereocenters. The molecule has 136 valence electrons. The highest BCUT2D eigenvalue weighted by Gasteiger charge is 2.30. The fourth-order valence-electron chi connectivity index (χ4n) is 2.90. The average molecular weight is 383 g/mol. The van der Waals surface area contributed by atoms with E-state index in [9.17, 15) is 4.79 Å². The first kappa shape index (κ1) is 19.7. The number of piperazine rings is 1. The minimum atomic E-state index is -0.0352. The second kappa shape index (κ2) is 8.64. The van der Waals surface area contributed by atoms with Crippen molar-refractivity contribution in [2.24, 2.45) is 7.05 Å². The molecule has 3 heterocycles. The van der Waals surface area contributed by atoms with Gasteiger partial charge in [-0.15, -0.1) is 12.4 Å². The first-order chi connectivity index (χ1) is 11.5. The maximum Gasteiger partial charge on any atom is 0.233 e. The lowest BCUT2D eigenvalue weighted by Gasteiger charge is -2.35. The fraction of sp³-hybridized carbons (Fsp3) is 0.500. The molecular weight excluding hydrogens is 360 g/mol. The molecule has 1 aliphatic rings. The van der Waals surface area contributed by atoms with Gasteiger partial charge in [-0.3, -0.25) is 4.79 Å². The summed E-state index contributed by atoms with van der Waals surface area (Å²) in [5.74, 6) is 1.34. The number of carbonyl (C=O) groups excluding carboxylic acids is 1. The molecule has 1 fully saturated rings. The largest absolute Gasteiger partial charge is 0.336 e. The molecule has 1 atom stereocenters. The lowest BCUT2D eigenvalue weighted by atomic mass is 10.1. The summed E-state index contributed by atoms with van der Waals surface area (Å²) in [5.41, 5.74) is 1.84. The monoisotopic (exact) mass is 382 g/mol. The molecule has 0 bridgehead atoms. The van der Waals surface area contributed by atoms with Gasteiger partial charge in [0.25, 0.3) is 0 Å². The van der Waals surface area contributed by atoms with Gasteiger partial charge in [-0.1, -0.05) is 11.8 Å². The lowest BCUT2D eigenvalue weighted by molar-refractivity contribution is -0.131. The topological polar surface area (TPSA) is 75.9 Å². The fourth-order valence-corrected chi connectivity index (χ4v) is 3.73. The van der Waals surface area contributed by atoms with E-state index in [0.29, 0.717) is 17.5 Å². The van der Waals surface area contributed by atoms with Crippen molar-refractivity contribution in [3.63, 3.8) is 0 Å². The van der Waals surface area contributed by atoms with Crippen LogP contribution in [0, 0.1) is 13.8 Å². The summed E-state index contributed by atoms with van der Waals surface area (Å²) in [7, 11) is 1.96. The summed E-state index contributed by atoms with van der Waals surface area (Å²) in [6, 6.07) is 1.89. The molecule has 0 spiro atoms. The van der Waals surface area contributed by atoms with E-state index in [4.69, 9.17) is 0 Å². The number of carbonyl (C=O) groups is 1. The highest BCUT2D eigenvalue weighted by molar-refractivity contribution is 7.99. The third-order valence-electron chi connectivity index (χ3n) is 4.01. The van der Waals surface area contributed by atoms with Gasteiger partial charge in [0.2, 0.25) is 5.91 Å². The SMILES string of the molecule is Cc1cc(C)nc(SCC(=O)N2CCNCC2c2nccn2C)n1.Cl. The quantitative estimate of drug-likeness (QED) is 0.638. The Kier molecular flexibility index (Phi) is 6.80. The van der Waals surface area contributed by atoms with E-state index < -0.39 is 0 Å². The Hall–Kier alpha value is -1.64. The number of rotatable bonds is 4. The second-order valence-electron chi connectivity index (χ2n) is 5.93. The number of hydrogen-bond donors (Lipinski definition) is 1. The van der Waals surface area contributed by atoms with E-state index in [1.165, 1.54) is 11.8 Å². The Labute approximate surface area is 158 Å². The summed E-state index contributed by atoms with van der Waals surface area (Å²) < 4.78 is 1.97. The van der Waals surface area contributed by atoms with Crippen LogP contribution in [-0.2, 0) is 11.8 Å². The van der Waals surface area contributed by atoms with Crippen LogP contribution in [0.3, 0.4) is 0 Å². The van der Waals surface area contributed by atoms with Crippen LogP contribution in [-0.4, -0.2) is 55.7 Å². The third-order valence-corrected chi connectivity index (χ3v) is 4.84. The Morgan fingerprint density at radius 2 is 2.08 bits per heavy atom. The van der Waals surface area contributed by atoms with Crippen LogP contribution in [0.15, 0.2) is 23.6 Å². The third kappa shape index (κ3) is 4.71. The van der Waals surface area contributed by atoms with Crippen LogP contribution in [0.1, 0.15) is 23.3 Å². The molecule has 2 aromatic rings. The van der Waals surface area contributed by atoms with Crippen LogP contribution in [0.4, 0.5) is 0 Å². The molecule has 1 aliphatic heterocycles. The van der Waals surface area contributed by atoms with Crippen LogP contribution in [0.25, 0.3) is 0 Å². The second-order valence-corrected chi connectivity index (χ2v) is 6.87. The number of aryl methyl sites for hydroxylation is 3. The number of imidazole rings is 1. The Balaban J connectivity index is 0.00000225. The first-order valence-corrected chi connectivity index (χ1v) is 8.95. The standard InChI is InChI=1S/C16H22N6OS.ClH/c1-11-8-12(2)20-16(19-11)24-10-14(23)22-7-4-17-9-13(22)15-18-5-6-21(15)3;/h5-6,8,13,17H,4,7,9-10H2,1-3H3;1H. The smallest absolute Gasteiger partial charge is 0.233 e. The van der Waals surface area contributed by atoms with Crippen LogP contribution < -0.4 is 5.32 Å². The summed E-state index contributed by atoms with van der Waals surface area (Å²) in [4.78, 5) is 27.8. The molecule has 9 heteroatoms. The predicted molar refractivity (Wildman–Crippen MR) is 100 cm³/mol. The number of nitrogens with zero attached hydrogens (tertiary/aromatic N) is 5. The molecule has 3 rings (SSSR count). The van der Waals surface area contributed by atoms with Crippen molar-refractivity contribution < 1.29 is 4.79 Å². The van der Waals surface area contributed by atoms with Gasteiger partial charge in [0.15, 0.2) is 5.16 Å². The van der Waals surface area contributed by atoms with Gasteiger partial charge >= 0.3 is 0 Å². The van der Waals surface area contributed by atoms with Gasteiger partial charge in [0.1, 0.15) is 11.9 Å². The molecule has 0 aliphatic carbocycles. The van der Waals surface area contributed by atoms with Crippen molar-refractivity contribution in [1.29, 1.82) is 0 Å². The van der Waals surface area contributed by atoms with Gasteiger partial charge in [-0.2, -0.15) is 0 Å². The number of nitrogens with one attached hydrogen (secondary N) is 1. The van der Waals surface area contributed by atoms with Crippen molar-refractivity contribution in [2.45, 2.75) is 25.0 Å². The van der Waals surface area contributed by atoms with Crippen molar-refractivity contribution >= 4 is 30.1 Å². The van der Waals surface area contributed by atoms with E-state index in [-0.39, 0.29) is 24.4 Å². The highest BCUT2D eigenvalue weighted by atomic mass is 35.5. The molecule has 1 amide bonds. The van der Waals surface area contributed by atoms with Crippen molar-refractivity contribution in [2.75, 3.05) is 25.4 Å². The van der Waals surface area contributed by atoms with Gasteiger partial charge in [0, 0.05) is 50.5 Å². The summed E-state index contributed by atoms with van der Waals surface area (Å²) in [6.45, 7) is 6.09. The normalized spacial score (nSPS) is 17.2. The maximum absolute atomic E-state index is 12.7. The van der Waals surface area contributed by atoms with Crippen LogP contribution in [0.2, 0.25) is 0 Å². The van der Waals surface area contributed by atoms with Crippen LogP contribution >= 0.6 is 24.2 Å². The van der Waals surface area contributed by atoms with Crippen molar-refractivity contribution in [3.05, 3.63) is 35.7 Å². The van der Waals surface area contributed by atoms with E-state index >= 15 is 0 Å². The zero-order valence-corrected chi connectivity index (χ0v) is 16.2. The zero-order valence-electron chi connectivity index (χ0n) is 14.6. The average Bonchev–Trinajstić information content (AvgIpc) is 2.97. The van der Waals surface area contributed by atoms with Crippen molar-refractivity contribution in [3.8, 4) is 0 Å². The Morgan fingerprint density at radius 1 is 1.36 bits per heavy atom. The molecule has 0 saturated carbocycles. The summed E-state index contributed by atoms with van der Waals surface area (Å²) in [6.07, 6.45) is 3.68. The highest BCUT2D eigenvalue weighted by Crippen LogP contribution is 2.23. The maximum atomic E-state index is 12.7. The first-order valence-electron chi connectivity index (χ1n) is 7.97. The van der Waals surface area contributed by atoms with Crippen molar-refractivity contribution in [1.82, 2.24) is 29.7 Å². The van der Waals surface area contributed by atoms with E-state index in [0.717, 1.165) is 30.3 Å². The number of thioether (sulfide) groups is 1. The van der Waals surface area contributed by atoms with Crippen LogP contribution in [0.5, 0.6) is 0 Å². The Bertz CT molecular complexity index is 717. The molecular formula is C16H23ClN6OS. The molecule has 2 aromatic heterocycles. The predicted octanol–water partition coefficient (Wildman–Crippen LogP) is 1.51. The molecule has 7 nitrogen and oxygen atoms in total. The van der Waals surface area contributed by atoms with Gasteiger partial charge < -0.3 is 14.8 Å². The van der Waals surface area contributed by atoms with E-state index in [2.05, 4.69) is 20.3 Å². The summed E-state index contributed by atoms with van der Waals surface area (Å²) >= 11 is 1.39. The van der Waals surface area contributed by atoms with Gasteiger partial charge in [-0.05, 0) is 19.9 Å². The number of amides is 1.